The maximum absolute atomic E-state index is 13.3. The molecular weight excluding hydrogens is 251 g/mol. The molecule has 5 heteroatoms. The van der Waals surface area contributed by atoms with E-state index in [1.54, 1.807) is 6.07 Å². The molecule has 1 aliphatic rings. The Labute approximate surface area is 112 Å². The van der Waals surface area contributed by atoms with Crippen LogP contribution in [-0.2, 0) is 4.74 Å². The van der Waals surface area contributed by atoms with Gasteiger partial charge < -0.3 is 15.4 Å². The molecule has 0 radical (unpaired) electrons. The number of halogens is 1. The molecule has 3 nitrogen and oxygen atoms in total. The third-order valence-corrected chi connectivity index (χ3v) is 3.20. The number of morpholine rings is 1. The minimum atomic E-state index is -0.323. The minimum absolute atomic E-state index is 0.137. The lowest BCUT2D eigenvalue weighted by molar-refractivity contribution is -0.00522. The Kier molecular flexibility index (Phi) is 3.82. The summed E-state index contributed by atoms with van der Waals surface area (Å²) in [5.41, 5.74) is 7.14. The lowest BCUT2D eigenvalue weighted by atomic mass is 10.1. The molecule has 0 amide bonds. The fraction of sp³-hybridized carbons (Fsp3) is 0.462. The van der Waals surface area contributed by atoms with Crippen LogP contribution in [0.3, 0.4) is 0 Å². The number of hydrogen-bond acceptors (Lipinski definition) is 3. The highest BCUT2D eigenvalue weighted by atomic mass is 32.1. The van der Waals surface area contributed by atoms with Gasteiger partial charge in [-0.1, -0.05) is 12.2 Å². The fourth-order valence-corrected chi connectivity index (χ4v) is 2.52. The molecule has 0 aliphatic carbocycles. The van der Waals surface area contributed by atoms with Crippen molar-refractivity contribution in [3.63, 3.8) is 0 Å². The smallest absolute Gasteiger partial charge is 0.124 e. The van der Waals surface area contributed by atoms with E-state index in [0.717, 1.165) is 18.8 Å². The van der Waals surface area contributed by atoms with Crippen molar-refractivity contribution in [1.82, 2.24) is 0 Å². The molecular formula is C13H17FN2OS. The van der Waals surface area contributed by atoms with Gasteiger partial charge in [-0.3, -0.25) is 0 Å². The number of rotatable bonds is 2. The van der Waals surface area contributed by atoms with Gasteiger partial charge in [0.1, 0.15) is 10.8 Å². The van der Waals surface area contributed by atoms with Gasteiger partial charge in [0.25, 0.3) is 0 Å². The van der Waals surface area contributed by atoms with Crippen LogP contribution in [0.2, 0.25) is 0 Å². The van der Waals surface area contributed by atoms with Gasteiger partial charge >= 0.3 is 0 Å². The molecule has 2 atom stereocenters. The molecule has 1 saturated heterocycles. The zero-order valence-electron chi connectivity index (χ0n) is 10.5. The Hall–Kier alpha value is -1.20. The third kappa shape index (κ3) is 2.79. The van der Waals surface area contributed by atoms with Gasteiger partial charge in [0.2, 0.25) is 0 Å². The largest absolute Gasteiger partial charge is 0.389 e. The van der Waals surface area contributed by atoms with Crippen LogP contribution in [0.4, 0.5) is 10.1 Å². The monoisotopic (exact) mass is 268 g/mol. The Morgan fingerprint density at radius 2 is 2.00 bits per heavy atom. The molecule has 18 heavy (non-hydrogen) atoms. The van der Waals surface area contributed by atoms with Crippen LogP contribution in [0.1, 0.15) is 19.4 Å². The average Bonchev–Trinajstić information content (AvgIpc) is 2.27. The molecule has 0 spiro atoms. The van der Waals surface area contributed by atoms with Crippen molar-refractivity contribution in [2.45, 2.75) is 26.1 Å². The molecule has 2 N–H and O–H groups in total. The van der Waals surface area contributed by atoms with Gasteiger partial charge in [-0.15, -0.1) is 0 Å². The van der Waals surface area contributed by atoms with Gasteiger partial charge in [0.15, 0.2) is 0 Å². The number of hydrogen-bond donors (Lipinski definition) is 1. The van der Waals surface area contributed by atoms with Crippen LogP contribution < -0.4 is 10.6 Å². The number of benzene rings is 1. The van der Waals surface area contributed by atoms with E-state index < -0.39 is 0 Å². The standard InChI is InChI=1S/C13H17FN2OS/c1-8-6-16(7-9(2)17-8)12-4-3-10(14)5-11(12)13(15)18/h3-5,8-9H,6-7H2,1-2H3,(H2,15,18)/t8-,9+. The molecule has 1 heterocycles. The summed E-state index contributed by atoms with van der Waals surface area (Å²) in [4.78, 5) is 2.36. The Bertz CT molecular complexity index is 456. The summed E-state index contributed by atoms with van der Waals surface area (Å²) < 4.78 is 19.0. The van der Waals surface area contributed by atoms with Gasteiger partial charge in [-0.2, -0.15) is 0 Å². The molecule has 0 saturated carbocycles. The van der Waals surface area contributed by atoms with E-state index in [0.29, 0.717) is 5.56 Å². The first-order chi connectivity index (χ1) is 8.47. The summed E-state index contributed by atoms with van der Waals surface area (Å²) in [6.45, 7) is 5.55. The van der Waals surface area contributed by atoms with Crippen molar-refractivity contribution in [3.05, 3.63) is 29.6 Å². The lowest BCUT2D eigenvalue weighted by Gasteiger charge is -2.37. The second kappa shape index (κ2) is 5.20. The van der Waals surface area contributed by atoms with Crippen molar-refractivity contribution in [1.29, 1.82) is 0 Å². The molecule has 98 valence electrons. The van der Waals surface area contributed by atoms with Crippen LogP contribution >= 0.6 is 12.2 Å². The number of anilines is 1. The van der Waals surface area contributed by atoms with E-state index in [4.69, 9.17) is 22.7 Å². The summed E-state index contributed by atoms with van der Waals surface area (Å²) in [6, 6.07) is 4.55. The van der Waals surface area contributed by atoms with Crippen molar-refractivity contribution in [3.8, 4) is 0 Å². The maximum Gasteiger partial charge on any atom is 0.124 e. The van der Waals surface area contributed by atoms with Gasteiger partial charge in [-0.25, -0.2) is 4.39 Å². The van der Waals surface area contributed by atoms with Crippen LogP contribution in [0.25, 0.3) is 0 Å². The summed E-state index contributed by atoms with van der Waals surface area (Å²) in [5, 5.41) is 0. The maximum atomic E-state index is 13.3. The first kappa shape index (κ1) is 13.2. The summed E-state index contributed by atoms with van der Waals surface area (Å²) in [5.74, 6) is -0.323. The highest BCUT2D eigenvalue weighted by molar-refractivity contribution is 7.80. The SMILES string of the molecule is C[C@@H]1CN(c2ccc(F)cc2C(N)=S)C[C@H](C)O1. The molecule has 1 aromatic carbocycles. The number of nitrogens with zero attached hydrogens (tertiary/aromatic N) is 1. The average molecular weight is 268 g/mol. The Balaban J connectivity index is 2.35. The summed E-state index contributed by atoms with van der Waals surface area (Å²) in [6.07, 6.45) is 0.274. The fourth-order valence-electron chi connectivity index (χ4n) is 2.36. The Morgan fingerprint density at radius 1 is 1.39 bits per heavy atom. The quantitative estimate of drug-likeness (QED) is 0.833. The molecule has 0 unspecified atom stereocenters. The van der Waals surface area contributed by atoms with E-state index in [-0.39, 0.29) is 23.0 Å². The van der Waals surface area contributed by atoms with E-state index in [1.165, 1.54) is 12.1 Å². The molecule has 1 fully saturated rings. The van der Waals surface area contributed by atoms with Crippen LogP contribution in [0, 0.1) is 5.82 Å². The Morgan fingerprint density at radius 3 is 2.56 bits per heavy atom. The molecule has 2 rings (SSSR count). The zero-order valence-corrected chi connectivity index (χ0v) is 11.3. The van der Waals surface area contributed by atoms with Crippen molar-refractivity contribution >= 4 is 22.9 Å². The van der Waals surface area contributed by atoms with Gasteiger partial charge in [0.05, 0.1) is 12.2 Å². The predicted octanol–water partition coefficient (Wildman–Crippen LogP) is 2.07. The highest BCUT2D eigenvalue weighted by Crippen LogP contribution is 2.25. The second-order valence-electron chi connectivity index (χ2n) is 4.69. The molecule has 1 aromatic rings. The number of ether oxygens (including phenoxy) is 1. The molecule has 0 bridgehead atoms. The molecule has 0 aromatic heterocycles. The second-order valence-corrected chi connectivity index (χ2v) is 5.13. The topological polar surface area (TPSA) is 38.5 Å². The zero-order chi connectivity index (χ0) is 13.3. The lowest BCUT2D eigenvalue weighted by Crippen LogP contribution is -2.46. The normalized spacial score (nSPS) is 24.1. The first-order valence-corrected chi connectivity index (χ1v) is 6.38. The summed E-state index contributed by atoms with van der Waals surface area (Å²) in [7, 11) is 0. The first-order valence-electron chi connectivity index (χ1n) is 5.97. The van der Waals surface area contributed by atoms with Crippen LogP contribution in [-0.4, -0.2) is 30.3 Å². The van der Waals surface area contributed by atoms with Crippen LogP contribution in [0.15, 0.2) is 18.2 Å². The highest BCUT2D eigenvalue weighted by Gasteiger charge is 2.24. The van der Waals surface area contributed by atoms with Crippen molar-refractivity contribution in [2.24, 2.45) is 5.73 Å². The summed E-state index contributed by atoms with van der Waals surface area (Å²) >= 11 is 4.99. The predicted molar refractivity (Wildman–Crippen MR) is 74.5 cm³/mol. The third-order valence-electron chi connectivity index (χ3n) is 2.98. The van der Waals surface area contributed by atoms with E-state index in [2.05, 4.69) is 4.90 Å². The van der Waals surface area contributed by atoms with Crippen LogP contribution in [0.5, 0.6) is 0 Å². The van der Waals surface area contributed by atoms with Gasteiger partial charge in [-0.05, 0) is 32.0 Å². The van der Waals surface area contributed by atoms with Crippen molar-refractivity contribution < 1.29 is 9.13 Å². The molecule has 1 aliphatic heterocycles. The van der Waals surface area contributed by atoms with Gasteiger partial charge in [0, 0.05) is 24.3 Å². The minimum Gasteiger partial charge on any atom is -0.389 e. The van der Waals surface area contributed by atoms with E-state index >= 15 is 0 Å². The van der Waals surface area contributed by atoms with E-state index in [1.807, 2.05) is 13.8 Å². The van der Waals surface area contributed by atoms with Crippen molar-refractivity contribution in [2.75, 3.05) is 18.0 Å². The number of nitrogens with two attached hydrogens (primary N) is 1. The number of thiocarbonyl (C=S) groups is 1. The van der Waals surface area contributed by atoms with E-state index in [9.17, 15) is 4.39 Å².